The van der Waals surface area contributed by atoms with Crippen molar-refractivity contribution in [1.82, 2.24) is 12.3 Å². The maximum atomic E-state index is 10.5. The second-order valence-corrected chi connectivity index (χ2v) is 6.66. The molecule has 0 aromatic heterocycles. The fourth-order valence-electron chi connectivity index (χ4n) is 0.839. The number of unbranched alkanes of at least 4 members (excludes halogenated alkanes) is 1. The summed E-state index contributed by atoms with van der Waals surface area (Å²) in [5, 5.41) is 0. The third-order valence-electron chi connectivity index (χ3n) is 1.63. The summed E-state index contributed by atoms with van der Waals surface area (Å²) in [4.78, 5) is 34.1. The highest BCUT2D eigenvalue weighted by molar-refractivity contribution is 7.52. The van der Waals surface area contributed by atoms with Crippen molar-refractivity contribution in [2.75, 3.05) is 6.16 Å². The first-order chi connectivity index (χ1) is 6.13. The Bertz CT molecular complexity index is 263. The van der Waals surface area contributed by atoms with Gasteiger partial charge in [0.05, 0.1) is 0 Å². The molecule has 9 nitrogen and oxygen atoms in total. The lowest BCUT2D eigenvalue weighted by atomic mass is 10.2. The molecule has 12 N–H and O–H groups in total. The van der Waals surface area contributed by atoms with Gasteiger partial charge >= 0.3 is 15.2 Å². The van der Waals surface area contributed by atoms with Crippen molar-refractivity contribution < 1.29 is 28.7 Å². The van der Waals surface area contributed by atoms with E-state index in [1.54, 1.807) is 0 Å². The zero-order chi connectivity index (χ0) is 11.4. The zero-order valence-electron chi connectivity index (χ0n) is 8.90. The van der Waals surface area contributed by atoms with Crippen LogP contribution < -0.4 is 18.0 Å². The topological polar surface area (TPSA) is 211 Å². The smallest absolute Gasteiger partial charge is 0.342 e. The zero-order valence-corrected chi connectivity index (χ0v) is 10.7. The van der Waals surface area contributed by atoms with Crippen LogP contribution in [0.2, 0.25) is 0 Å². The Morgan fingerprint density at radius 3 is 1.75 bits per heavy atom. The van der Waals surface area contributed by atoms with E-state index in [-0.39, 0.29) is 37.7 Å². The quantitative estimate of drug-likeness (QED) is 0.259. The largest absolute Gasteiger partial charge is 0.344 e. The van der Waals surface area contributed by atoms with E-state index in [2.05, 4.69) is 0 Å². The highest BCUT2D eigenvalue weighted by atomic mass is 31.2. The highest BCUT2D eigenvalue weighted by Crippen LogP contribution is 2.41. The van der Waals surface area contributed by atoms with Crippen LogP contribution in [0.3, 0.4) is 0 Å². The second-order valence-electron chi connectivity index (χ2n) is 3.04. The van der Waals surface area contributed by atoms with Gasteiger partial charge in [-0.1, -0.05) is 6.42 Å². The molecule has 0 spiro atoms. The van der Waals surface area contributed by atoms with E-state index in [1.165, 1.54) is 0 Å². The van der Waals surface area contributed by atoms with Crippen LogP contribution >= 0.6 is 15.2 Å². The molecule has 0 aromatic rings. The van der Waals surface area contributed by atoms with Crippen LogP contribution in [-0.4, -0.2) is 31.5 Å². The molecule has 11 heteroatoms. The summed E-state index contributed by atoms with van der Waals surface area (Å²) in [5.41, 5.74) is 5.14. The van der Waals surface area contributed by atoms with Crippen molar-refractivity contribution in [2.24, 2.45) is 5.73 Å². The summed E-state index contributed by atoms with van der Waals surface area (Å²) in [7, 11) is -8.26. The molecule has 0 fully saturated rings. The molecular formula is C5H21N3O6P2. The highest BCUT2D eigenvalue weighted by Gasteiger charge is 2.24. The third-order valence-corrected chi connectivity index (χ3v) is 3.65. The van der Waals surface area contributed by atoms with Crippen molar-refractivity contribution in [3.63, 3.8) is 0 Å². The van der Waals surface area contributed by atoms with Crippen molar-refractivity contribution >= 4 is 15.2 Å². The lowest BCUT2D eigenvalue weighted by Crippen LogP contribution is -2.19. The van der Waals surface area contributed by atoms with E-state index >= 15 is 0 Å². The van der Waals surface area contributed by atoms with Gasteiger partial charge in [0.1, 0.15) is 5.78 Å². The molecule has 102 valence electrons. The van der Waals surface area contributed by atoms with Gasteiger partial charge in [0.25, 0.3) is 0 Å². The van der Waals surface area contributed by atoms with E-state index in [1.807, 2.05) is 0 Å². The van der Waals surface area contributed by atoms with Crippen LogP contribution in [0.15, 0.2) is 0 Å². The summed E-state index contributed by atoms with van der Waals surface area (Å²) in [6.07, 6.45) is 0.278. The Balaban J connectivity index is -0.000000845. The molecule has 0 aliphatic heterocycles. The summed E-state index contributed by atoms with van der Waals surface area (Å²) in [6.45, 7) is 0. The normalized spacial score (nSPS) is 13.6. The minimum Gasteiger partial charge on any atom is -0.344 e. The molecule has 0 amide bonds. The summed E-state index contributed by atoms with van der Waals surface area (Å²) in [6, 6.07) is 0. The standard InChI is InChI=1S/C5H15NO6P2.2H3N/c6-5(14(10,11)12)3-1-2-4-13(7,8)9;;/h5H,1-4,6H2,(H2,7,8,9)(H2,10,11,12);2*1H3. The lowest BCUT2D eigenvalue weighted by Gasteiger charge is -2.12. The molecule has 16 heavy (non-hydrogen) atoms. The van der Waals surface area contributed by atoms with Gasteiger partial charge in [-0.25, -0.2) is 0 Å². The molecule has 0 aliphatic rings. The fourth-order valence-corrected chi connectivity index (χ4v) is 1.99. The van der Waals surface area contributed by atoms with Crippen LogP contribution in [0.4, 0.5) is 0 Å². The van der Waals surface area contributed by atoms with Crippen LogP contribution in [0, 0.1) is 0 Å². The molecule has 0 saturated heterocycles. The number of rotatable bonds is 6. The molecule has 1 unspecified atom stereocenters. The van der Waals surface area contributed by atoms with E-state index in [9.17, 15) is 9.13 Å². The van der Waals surface area contributed by atoms with Gasteiger partial charge < -0.3 is 37.6 Å². The van der Waals surface area contributed by atoms with Gasteiger partial charge in [-0.15, -0.1) is 0 Å². The SMILES string of the molecule is N.N.NC(CCCCP(=O)(O)O)P(=O)(O)O. The number of hydrogen-bond acceptors (Lipinski definition) is 5. The minimum absolute atomic E-state index is 0. The summed E-state index contributed by atoms with van der Waals surface area (Å²) in [5.74, 6) is -1.24. The summed E-state index contributed by atoms with van der Waals surface area (Å²) >= 11 is 0. The van der Waals surface area contributed by atoms with Crippen molar-refractivity contribution in [2.45, 2.75) is 25.0 Å². The van der Waals surface area contributed by atoms with E-state index in [0.717, 1.165) is 0 Å². The van der Waals surface area contributed by atoms with Crippen LogP contribution in [0.25, 0.3) is 0 Å². The fraction of sp³-hybridized carbons (Fsp3) is 1.00. The molecule has 0 aliphatic carbocycles. The predicted octanol–water partition coefficient (Wildman–Crippen LogP) is 0.121. The summed E-state index contributed by atoms with van der Waals surface area (Å²) < 4.78 is 20.9. The molecule has 0 heterocycles. The van der Waals surface area contributed by atoms with Crippen molar-refractivity contribution in [3.8, 4) is 0 Å². The second kappa shape index (κ2) is 8.30. The Kier molecular flexibility index (Phi) is 11.1. The van der Waals surface area contributed by atoms with Gasteiger partial charge in [-0.2, -0.15) is 0 Å². The Labute approximate surface area is 93.9 Å². The van der Waals surface area contributed by atoms with Gasteiger partial charge in [0.2, 0.25) is 0 Å². The number of nitrogens with two attached hydrogens (primary N) is 1. The van der Waals surface area contributed by atoms with Gasteiger partial charge in [0, 0.05) is 6.16 Å². The van der Waals surface area contributed by atoms with E-state index in [4.69, 9.17) is 25.3 Å². The van der Waals surface area contributed by atoms with Crippen molar-refractivity contribution in [1.29, 1.82) is 0 Å². The molecule has 0 saturated carbocycles. The molecular weight excluding hydrogens is 260 g/mol. The maximum absolute atomic E-state index is 10.5. The first kappa shape index (κ1) is 21.5. The van der Waals surface area contributed by atoms with E-state index < -0.39 is 21.0 Å². The number of hydrogen-bond donors (Lipinski definition) is 7. The van der Waals surface area contributed by atoms with Gasteiger partial charge in [-0.05, 0) is 12.8 Å². The van der Waals surface area contributed by atoms with Crippen LogP contribution in [0.5, 0.6) is 0 Å². The monoisotopic (exact) mass is 281 g/mol. The molecule has 1 atom stereocenters. The maximum Gasteiger partial charge on any atom is 0.342 e. The van der Waals surface area contributed by atoms with Crippen LogP contribution in [0.1, 0.15) is 19.3 Å². The van der Waals surface area contributed by atoms with Crippen molar-refractivity contribution in [3.05, 3.63) is 0 Å². The average Bonchev–Trinajstić information content (AvgIpc) is 1.93. The average molecular weight is 281 g/mol. The Morgan fingerprint density at radius 2 is 1.44 bits per heavy atom. The van der Waals surface area contributed by atoms with Crippen LogP contribution in [-0.2, 0) is 9.13 Å². The molecule has 0 rings (SSSR count). The third kappa shape index (κ3) is 12.3. The molecule has 0 aromatic carbocycles. The predicted molar refractivity (Wildman–Crippen MR) is 60.8 cm³/mol. The van der Waals surface area contributed by atoms with Gasteiger partial charge in [0.15, 0.2) is 0 Å². The Morgan fingerprint density at radius 1 is 1.00 bits per heavy atom. The van der Waals surface area contributed by atoms with Gasteiger partial charge in [-0.3, -0.25) is 9.13 Å². The first-order valence-corrected chi connectivity index (χ1v) is 7.46. The lowest BCUT2D eigenvalue weighted by molar-refractivity contribution is 0.353. The first-order valence-electron chi connectivity index (χ1n) is 3.98. The molecule has 0 radical (unpaired) electrons. The van der Waals surface area contributed by atoms with E-state index in [0.29, 0.717) is 0 Å². The molecule has 0 bridgehead atoms. The Hall–Kier alpha value is 0.180. The minimum atomic E-state index is -4.25.